The van der Waals surface area contributed by atoms with Gasteiger partial charge in [0.2, 0.25) is 5.91 Å². The highest BCUT2D eigenvalue weighted by Crippen LogP contribution is 2.04. The Kier molecular flexibility index (Phi) is 10.9. The smallest absolute Gasteiger partial charge is 0.224 e. The van der Waals surface area contributed by atoms with Crippen molar-refractivity contribution in [2.75, 3.05) is 6.54 Å². The highest BCUT2D eigenvalue weighted by Gasteiger charge is 2.13. The molecule has 1 unspecified atom stereocenters. The molecule has 0 aliphatic rings. The van der Waals surface area contributed by atoms with Crippen molar-refractivity contribution in [3.8, 4) is 0 Å². The maximum Gasteiger partial charge on any atom is 0.224 e. The first-order valence-electron chi connectivity index (χ1n) is 5.98. The van der Waals surface area contributed by atoms with Gasteiger partial charge in [-0.05, 0) is 17.9 Å². The van der Waals surface area contributed by atoms with Gasteiger partial charge in [-0.15, -0.1) is 24.8 Å². The quantitative estimate of drug-likeness (QED) is 0.831. The molecule has 0 spiro atoms. The minimum atomic E-state index is 0. The molecule has 5 nitrogen and oxygen atoms in total. The molecule has 1 heterocycles. The fourth-order valence-corrected chi connectivity index (χ4v) is 1.81. The summed E-state index contributed by atoms with van der Waals surface area (Å²) in [6.07, 6.45) is 4.83. The minimum absolute atomic E-state index is 0. The van der Waals surface area contributed by atoms with Gasteiger partial charge in [0.15, 0.2) is 0 Å². The van der Waals surface area contributed by atoms with E-state index in [1.807, 2.05) is 13.2 Å². The Morgan fingerprint density at radius 2 is 2.11 bits per heavy atom. The summed E-state index contributed by atoms with van der Waals surface area (Å²) < 4.78 is 1.69. The largest absolute Gasteiger partial charge is 0.352 e. The second-order valence-corrected chi connectivity index (χ2v) is 4.83. The standard InChI is InChI=1S/C12H22N4O.2ClH/c1-9(2)4-11(6-13)15-12(17)5-10-7-14-16(3)8-10;;/h7-9,11H,4-6,13H2,1-3H3,(H,15,17);2*1H. The molecule has 1 aromatic rings. The van der Waals surface area contributed by atoms with Crippen LogP contribution in [0, 0.1) is 5.92 Å². The Labute approximate surface area is 127 Å². The van der Waals surface area contributed by atoms with E-state index in [4.69, 9.17) is 5.73 Å². The Hall–Kier alpha value is -0.780. The van der Waals surface area contributed by atoms with Gasteiger partial charge in [0.05, 0.1) is 12.6 Å². The van der Waals surface area contributed by atoms with Crippen LogP contribution in [0.3, 0.4) is 0 Å². The SMILES string of the molecule is CC(C)CC(CN)NC(=O)Cc1cnn(C)c1.Cl.Cl. The number of carbonyl (C=O) groups excluding carboxylic acids is 1. The van der Waals surface area contributed by atoms with Crippen LogP contribution in [0.1, 0.15) is 25.8 Å². The average Bonchev–Trinajstić information content (AvgIpc) is 2.62. The van der Waals surface area contributed by atoms with Gasteiger partial charge in [-0.25, -0.2) is 0 Å². The van der Waals surface area contributed by atoms with E-state index in [1.54, 1.807) is 10.9 Å². The molecule has 0 radical (unpaired) electrons. The first-order chi connectivity index (χ1) is 8.01. The summed E-state index contributed by atoms with van der Waals surface area (Å²) in [6, 6.07) is 0.0687. The van der Waals surface area contributed by atoms with Crippen LogP contribution in [0.25, 0.3) is 0 Å². The van der Waals surface area contributed by atoms with Gasteiger partial charge in [-0.1, -0.05) is 13.8 Å². The van der Waals surface area contributed by atoms with E-state index in [-0.39, 0.29) is 36.8 Å². The number of nitrogens with one attached hydrogen (secondary N) is 1. The Morgan fingerprint density at radius 1 is 1.47 bits per heavy atom. The number of nitrogens with zero attached hydrogens (tertiary/aromatic N) is 2. The van der Waals surface area contributed by atoms with Crippen LogP contribution in [0.2, 0.25) is 0 Å². The molecule has 1 atom stereocenters. The number of rotatable bonds is 6. The van der Waals surface area contributed by atoms with Crippen LogP contribution < -0.4 is 11.1 Å². The molecule has 0 bridgehead atoms. The van der Waals surface area contributed by atoms with Gasteiger partial charge >= 0.3 is 0 Å². The summed E-state index contributed by atoms with van der Waals surface area (Å²) >= 11 is 0. The number of halogens is 2. The van der Waals surface area contributed by atoms with Gasteiger partial charge in [-0.2, -0.15) is 5.10 Å². The molecule has 0 saturated heterocycles. The van der Waals surface area contributed by atoms with E-state index < -0.39 is 0 Å². The van der Waals surface area contributed by atoms with Crippen molar-refractivity contribution in [2.45, 2.75) is 32.7 Å². The van der Waals surface area contributed by atoms with Crippen LogP contribution >= 0.6 is 24.8 Å². The Bertz CT molecular complexity index is 368. The maximum atomic E-state index is 11.8. The fraction of sp³-hybridized carbons (Fsp3) is 0.667. The third-order valence-corrected chi connectivity index (χ3v) is 2.53. The van der Waals surface area contributed by atoms with Gasteiger partial charge in [0.1, 0.15) is 0 Å². The van der Waals surface area contributed by atoms with Gasteiger partial charge < -0.3 is 11.1 Å². The van der Waals surface area contributed by atoms with E-state index in [1.165, 1.54) is 0 Å². The predicted octanol–water partition coefficient (Wildman–Crippen LogP) is 1.30. The van der Waals surface area contributed by atoms with Crippen LogP contribution in [-0.4, -0.2) is 28.3 Å². The lowest BCUT2D eigenvalue weighted by molar-refractivity contribution is -0.121. The van der Waals surface area contributed by atoms with E-state index in [0.29, 0.717) is 18.9 Å². The van der Waals surface area contributed by atoms with Gasteiger partial charge in [-0.3, -0.25) is 9.48 Å². The normalized spacial score (nSPS) is 11.4. The molecule has 1 aromatic heterocycles. The summed E-state index contributed by atoms with van der Waals surface area (Å²) in [5, 5.41) is 6.98. The number of hydrogen-bond donors (Lipinski definition) is 2. The second kappa shape index (κ2) is 10.1. The molecule has 7 heteroatoms. The number of amides is 1. The molecule has 0 aliphatic carbocycles. The van der Waals surface area contributed by atoms with Crippen LogP contribution in [0.5, 0.6) is 0 Å². The molecule has 112 valence electrons. The number of aromatic nitrogens is 2. The highest BCUT2D eigenvalue weighted by molar-refractivity contribution is 5.85. The molecule has 0 aromatic carbocycles. The molecule has 1 amide bonds. The summed E-state index contributed by atoms with van der Waals surface area (Å²) in [7, 11) is 1.84. The lowest BCUT2D eigenvalue weighted by Crippen LogP contribution is -2.41. The zero-order chi connectivity index (χ0) is 12.8. The van der Waals surface area contributed by atoms with Crippen molar-refractivity contribution in [1.29, 1.82) is 0 Å². The molecule has 3 N–H and O–H groups in total. The van der Waals surface area contributed by atoms with Crippen molar-refractivity contribution in [3.05, 3.63) is 18.0 Å². The average molecular weight is 311 g/mol. The second-order valence-electron chi connectivity index (χ2n) is 4.83. The summed E-state index contributed by atoms with van der Waals surface area (Å²) in [5.41, 5.74) is 6.56. The first-order valence-corrected chi connectivity index (χ1v) is 5.98. The van der Waals surface area contributed by atoms with E-state index in [2.05, 4.69) is 24.3 Å². The topological polar surface area (TPSA) is 72.9 Å². The van der Waals surface area contributed by atoms with Crippen molar-refractivity contribution in [2.24, 2.45) is 18.7 Å². The van der Waals surface area contributed by atoms with Gasteiger partial charge in [0, 0.05) is 25.8 Å². The number of aryl methyl sites for hydroxylation is 1. The van der Waals surface area contributed by atoms with Crippen molar-refractivity contribution < 1.29 is 4.79 Å². The van der Waals surface area contributed by atoms with Crippen molar-refractivity contribution in [3.63, 3.8) is 0 Å². The van der Waals surface area contributed by atoms with E-state index in [0.717, 1.165) is 12.0 Å². The van der Waals surface area contributed by atoms with Crippen LogP contribution in [0.4, 0.5) is 0 Å². The van der Waals surface area contributed by atoms with Crippen LogP contribution in [0.15, 0.2) is 12.4 Å². The molecular weight excluding hydrogens is 287 g/mol. The summed E-state index contributed by atoms with van der Waals surface area (Å²) in [5.74, 6) is 0.538. The lowest BCUT2D eigenvalue weighted by Gasteiger charge is -2.18. The zero-order valence-corrected chi connectivity index (χ0v) is 13.3. The first kappa shape index (κ1) is 20.5. The number of carbonyl (C=O) groups is 1. The number of hydrogen-bond acceptors (Lipinski definition) is 3. The maximum absolute atomic E-state index is 11.8. The minimum Gasteiger partial charge on any atom is -0.352 e. The van der Waals surface area contributed by atoms with Gasteiger partial charge in [0.25, 0.3) is 0 Å². The third-order valence-electron chi connectivity index (χ3n) is 2.53. The predicted molar refractivity (Wildman–Crippen MR) is 81.8 cm³/mol. The molecule has 1 rings (SSSR count). The third kappa shape index (κ3) is 8.08. The van der Waals surface area contributed by atoms with Crippen LogP contribution in [-0.2, 0) is 18.3 Å². The monoisotopic (exact) mass is 310 g/mol. The zero-order valence-electron chi connectivity index (χ0n) is 11.6. The highest BCUT2D eigenvalue weighted by atomic mass is 35.5. The summed E-state index contributed by atoms with van der Waals surface area (Å²) in [4.78, 5) is 11.8. The molecule has 0 saturated carbocycles. The number of nitrogens with two attached hydrogens (primary N) is 1. The Balaban J connectivity index is 0. The van der Waals surface area contributed by atoms with E-state index >= 15 is 0 Å². The fourth-order valence-electron chi connectivity index (χ4n) is 1.81. The molecule has 0 aliphatic heterocycles. The molecular formula is C12H24Cl2N4O. The van der Waals surface area contributed by atoms with E-state index in [9.17, 15) is 4.79 Å². The molecule has 19 heavy (non-hydrogen) atoms. The summed E-state index contributed by atoms with van der Waals surface area (Å²) in [6.45, 7) is 4.73. The Morgan fingerprint density at radius 3 is 2.53 bits per heavy atom. The lowest BCUT2D eigenvalue weighted by atomic mass is 10.0. The van der Waals surface area contributed by atoms with Crippen molar-refractivity contribution in [1.82, 2.24) is 15.1 Å². The van der Waals surface area contributed by atoms with Crippen molar-refractivity contribution >= 4 is 30.7 Å². The molecule has 0 fully saturated rings.